The molecule has 1 aliphatic heterocycles. The van der Waals surface area contributed by atoms with E-state index in [9.17, 15) is 4.79 Å². The van der Waals surface area contributed by atoms with Crippen LogP contribution in [-0.4, -0.2) is 56.0 Å². The molecule has 1 aliphatic rings. The summed E-state index contributed by atoms with van der Waals surface area (Å²) < 4.78 is 11.0. The summed E-state index contributed by atoms with van der Waals surface area (Å²) in [6.07, 6.45) is 0. The van der Waals surface area contributed by atoms with E-state index in [4.69, 9.17) is 9.47 Å². The predicted octanol–water partition coefficient (Wildman–Crippen LogP) is 3.53. The molecule has 0 unspecified atom stereocenters. The lowest BCUT2D eigenvalue weighted by Crippen LogP contribution is -2.45. The number of nitrogens with zero attached hydrogens (tertiary/aromatic N) is 2. The molecule has 2 aromatic carbocycles. The maximum Gasteiger partial charge on any atom is 0.159 e. The highest BCUT2D eigenvalue weighted by molar-refractivity contribution is 5.94. The second kappa shape index (κ2) is 9.22. The molecule has 0 saturated carbocycles. The van der Waals surface area contributed by atoms with E-state index in [1.165, 1.54) is 11.1 Å². The van der Waals surface area contributed by atoms with Crippen LogP contribution < -0.4 is 9.47 Å². The van der Waals surface area contributed by atoms with Gasteiger partial charge in [0.25, 0.3) is 0 Å². The largest absolute Gasteiger partial charge is 0.496 e. The number of methoxy groups -OCH3 is 2. The maximum absolute atomic E-state index is 11.7. The Balaban J connectivity index is 1.61. The van der Waals surface area contributed by atoms with Crippen molar-refractivity contribution in [3.05, 3.63) is 58.7 Å². The summed E-state index contributed by atoms with van der Waals surface area (Å²) in [5, 5.41) is 0. The van der Waals surface area contributed by atoms with Gasteiger partial charge >= 0.3 is 0 Å². The SMILES string of the molecule is COc1ccc(C)cc1CN1CCN(Cc2cc(C(C)=O)ccc2OC)CC1. The Morgan fingerprint density at radius 2 is 1.36 bits per heavy atom. The van der Waals surface area contributed by atoms with Crippen molar-refractivity contribution in [2.24, 2.45) is 0 Å². The molecule has 0 spiro atoms. The van der Waals surface area contributed by atoms with Crippen LogP contribution in [0, 0.1) is 6.92 Å². The molecular formula is C23H30N2O3. The highest BCUT2D eigenvalue weighted by atomic mass is 16.5. The fourth-order valence-electron chi connectivity index (χ4n) is 3.74. The van der Waals surface area contributed by atoms with E-state index >= 15 is 0 Å². The lowest BCUT2D eigenvalue weighted by Gasteiger charge is -2.35. The molecule has 3 rings (SSSR count). The van der Waals surface area contributed by atoms with Crippen molar-refractivity contribution in [1.82, 2.24) is 9.80 Å². The summed E-state index contributed by atoms with van der Waals surface area (Å²) in [6.45, 7) is 9.40. The van der Waals surface area contributed by atoms with Crippen LogP contribution in [0.1, 0.15) is 34.0 Å². The van der Waals surface area contributed by atoms with Gasteiger partial charge in [0.05, 0.1) is 14.2 Å². The molecule has 5 nitrogen and oxygen atoms in total. The third kappa shape index (κ3) is 4.91. The second-order valence-electron chi connectivity index (χ2n) is 7.45. The summed E-state index contributed by atoms with van der Waals surface area (Å²) in [7, 11) is 3.41. The molecule has 1 heterocycles. The van der Waals surface area contributed by atoms with Crippen LogP contribution in [0.3, 0.4) is 0 Å². The molecule has 0 amide bonds. The van der Waals surface area contributed by atoms with Crippen molar-refractivity contribution in [3.63, 3.8) is 0 Å². The van der Waals surface area contributed by atoms with E-state index in [-0.39, 0.29) is 5.78 Å². The summed E-state index contributed by atoms with van der Waals surface area (Å²) in [4.78, 5) is 16.6. The van der Waals surface area contributed by atoms with Crippen LogP contribution in [-0.2, 0) is 13.1 Å². The first-order chi connectivity index (χ1) is 13.5. The number of carbonyl (C=O) groups excluding carboxylic acids is 1. The first-order valence-electron chi connectivity index (χ1n) is 9.76. The summed E-state index contributed by atoms with van der Waals surface area (Å²) in [5.74, 6) is 1.89. The molecule has 0 atom stereocenters. The Labute approximate surface area is 167 Å². The highest BCUT2D eigenvalue weighted by Crippen LogP contribution is 2.24. The van der Waals surface area contributed by atoms with Crippen LogP contribution in [0.5, 0.6) is 11.5 Å². The molecule has 5 heteroatoms. The van der Waals surface area contributed by atoms with E-state index in [0.717, 1.165) is 61.9 Å². The third-order valence-corrected chi connectivity index (χ3v) is 5.38. The Bertz CT molecular complexity index is 827. The highest BCUT2D eigenvalue weighted by Gasteiger charge is 2.20. The molecule has 2 aromatic rings. The van der Waals surface area contributed by atoms with Crippen molar-refractivity contribution < 1.29 is 14.3 Å². The van der Waals surface area contributed by atoms with Crippen LogP contribution in [0.25, 0.3) is 0 Å². The zero-order valence-corrected chi connectivity index (χ0v) is 17.3. The van der Waals surface area contributed by atoms with Gasteiger partial charge in [-0.05, 0) is 38.1 Å². The number of rotatable bonds is 7. The van der Waals surface area contributed by atoms with Gasteiger partial charge in [-0.15, -0.1) is 0 Å². The smallest absolute Gasteiger partial charge is 0.159 e. The van der Waals surface area contributed by atoms with Crippen molar-refractivity contribution in [2.75, 3.05) is 40.4 Å². The lowest BCUT2D eigenvalue weighted by molar-refractivity contribution is 0.101. The Kier molecular flexibility index (Phi) is 6.70. The molecule has 1 saturated heterocycles. The van der Waals surface area contributed by atoms with Crippen LogP contribution in [0.15, 0.2) is 36.4 Å². The van der Waals surface area contributed by atoms with Gasteiger partial charge in [-0.2, -0.15) is 0 Å². The molecule has 0 N–H and O–H groups in total. The minimum absolute atomic E-state index is 0.0841. The minimum Gasteiger partial charge on any atom is -0.496 e. The van der Waals surface area contributed by atoms with Gasteiger partial charge in [0.1, 0.15) is 11.5 Å². The van der Waals surface area contributed by atoms with Gasteiger partial charge in [0, 0.05) is 56.0 Å². The van der Waals surface area contributed by atoms with Gasteiger partial charge in [-0.25, -0.2) is 0 Å². The van der Waals surface area contributed by atoms with E-state index in [1.54, 1.807) is 21.1 Å². The van der Waals surface area contributed by atoms with E-state index < -0.39 is 0 Å². The number of piperazine rings is 1. The second-order valence-corrected chi connectivity index (χ2v) is 7.45. The fourth-order valence-corrected chi connectivity index (χ4v) is 3.74. The molecule has 0 bridgehead atoms. The number of Topliss-reactive ketones (excluding diaryl/α,β-unsaturated/α-hetero) is 1. The molecule has 150 valence electrons. The van der Waals surface area contributed by atoms with Crippen LogP contribution in [0.4, 0.5) is 0 Å². The number of hydrogen-bond acceptors (Lipinski definition) is 5. The van der Waals surface area contributed by atoms with Crippen molar-refractivity contribution >= 4 is 5.78 Å². The summed E-state index contributed by atoms with van der Waals surface area (Å²) >= 11 is 0. The fraction of sp³-hybridized carbons (Fsp3) is 0.435. The topological polar surface area (TPSA) is 42.0 Å². The van der Waals surface area contributed by atoms with Crippen LogP contribution in [0.2, 0.25) is 0 Å². The Morgan fingerprint density at radius 1 is 0.857 bits per heavy atom. The third-order valence-electron chi connectivity index (χ3n) is 5.38. The number of carbonyl (C=O) groups is 1. The van der Waals surface area contributed by atoms with Gasteiger partial charge in [0.15, 0.2) is 5.78 Å². The Morgan fingerprint density at radius 3 is 1.86 bits per heavy atom. The summed E-state index contributed by atoms with van der Waals surface area (Å²) in [6, 6.07) is 12.0. The molecule has 0 aromatic heterocycles. The minimum atomic E-state index is 0.0841. The number of benzene rings is 2. The van der Waals surface area contributed by atoms with Gasteiger partial charge in [0.2, 0.25) is 0 Å². The van der Waals surface area contributed by atoms with E-state index in [1.807, 2.05) is 18.2 Å². The quantitative estimate of drug-likeness (QED) is 0.685. The lowest BCUT2D eigenvalue weighted by atomic mass is 10.1. The molecular weight excluding hydrogens is 352 g/mol. The zero-order chi connectivity index (χ0) is 20.1. The molecule has 28 heavy (non-hydrogen) atoms. The average Bonchev–Trinajstić information content (AvgIpc) is 2.69. The van der Waals surface area contributed by atoms with E-state index in [0.29, 0.717) is 0 Å². The number of aryl methyl sites for hydroxylation is 1. The first kappa shape index (κ1) is 20.4. The van der Waals surface area contributed by atoms with Crippen molar-refractivity contribution in [3.8, 4) is 11.5 Å². The monoisotopic (exact) mass is 382 g/mol. The molecule has 1 fully saturated rings. The van der Waals surface area contributed by atoms with Crippen LogP contribution >= 0.6 is 0 Å². The predicted molar refractivity (Wildman–Crippen MR) is 111 cm³/mol. The van der Waals surface area contributed by atoms with Gasteiger partial charge < -0.3 is 9.47 Å². The maximum atomic E-state index is 11.7. The van der Waals surface area contributed by atoms with Gasteiger partial charge in [-0.3, -0.25) is 14.6 Å². The standard InChI is InChI=1S/C23H30N2O3/c1-17-5-7-22(27-3)20(13-17)15-24-9-11-25(12-10-24)16-21-14-19(18(2)26)6-8-23(21)28-4/h5-8,13-14H,9-12,15-16H2,1-4H3. The molecule has 0 aliphatic carbocycles. The number of hydrogen-bond donors (Lipinski definition) is 0. The Hall–Kier alpha value is -2.37. The van der Waals surface area contributed by atoms with Gasteiger partial charge in [-0.1, -0.05) is 17.7 Å². The number of ketones is 1. The summed E-state index contributed by atoms with van der Waals surface area (Å²) in [5.41, 5.74) is 4.31. The zero-order valence-electron chi connectivity index (χ0n) is 17.3. The van der Waals surface area contributed by atoms with Crippen molar-refractivity contribution in [1.29, 1.82) is 0 Å². The average molecular weight is 383 g/mol. The van der Waals surface area contributed by atoms with E-state index in [2.05, 4.69) is 34.9 Å². The molecule has 0 radical (unpaired) electrons. The first-order valence-corrected chi connectivity index (χ1v) is 9.76. The number of ether oxygens (including phenoxy) is 2. The normalized spacial score (nSPS) is 15.4. The van der Waals surface area contributed by atoms with Crippen molar-refractivity contribution in [2.45, 2.75) is 26.9 Å².